The Morgan fingerprint density at radius 3 is 2.09 bits per heavy atom. The monoisotopic (exact) mass is 307 g/mol. The maximum Gasteiger partial charge on any atom is 0.259 e. The van der Waals surface area contributed by atoms with Crippen molar-refractivity contribution >= 4 is 23.2 Å². The molecule has 0 fully saturated rings. The number of hydrogen-bond acceptors (Lipinski definition) is 3. The van der Waals surface area contributed by atoms with Crippen LogP contribution < -0.4 is 5.32 Å². The summed E-state index contributed by atoms with van der Waals surface area (Å²) in [6, 6.07) is 15.7. The Morgan fingerprint density at radius 2 is 1.52 bits per heavy atom. The van der Waals surface area contributed by atoms with Crippen molar-refractivity contribution in [2.75, 3.05) is 5.32 Å². The van der Waals surface area contributed by atoms with Gasteiger partial charge in [0, 0.05) is 17.3 Å². The molecule has 2 rings (SSSR count). The first-order valence-corrected chi connectivity index (χ1v) is 7.17. The number of benzene rings is 2. The van der Waals surface area contributed by atoms with E-state index in [1.807, 2.05) is 13.0 Å². The minimum absolute atomic E-state index is 0.167. The molecule has 2 aromatic carbocycles. The molecule has 1 amide bonds. The number of ketones is 2. The van der Waals surface area contributed by atoms with E-state index in [1.165, 1.54) is 6.92 Å². The highest BCUT2D eigenvalue weighted by molar-refractivity contribution is 6.26. The first-order valence-electron chi connectivity index (χ1n) is 7.17. The molecule has 116 valence electrons. The van der Waals surface area contributed by atoms with Crippen LogP contribution in [0.2, 0.25) is 0 Å². The van der Waals surface area contributed by atoms with Crippen LogP contribution in [-0.4, -0.2) is 17.5 Å². The normalized spacial score (nSPS) is 11.0. The lowest BCUT2D eigenvalue weighted by molar-refractivity contribution is -0.118. The van der Waals surface area contributed by atoms with Crippen molar-refractivity contribution < 1.29 is 14.4 Å². The van der Waals surface area contributed by atoms with Gasteiger partial charge >= 0.3 is 0 Å². The quantitative estimate of drug-likeness (QED) is 0.399. The molecule has 0 aliphatic carbocycles. The van der Waals surface area contributed by atoms with Crippen molar-refractivity contribution in [2.24, 2.45) is 0 Å². The second kappa shape index (κ2) is 7.31. The van der Waals surface area contributed by atoms with Crippen molar-refractivity contribution in [1.29, 1.82) is 0 Å². The van der Waals surface area contributed by atoms with Crippen LogP contribution in [0.1, 0.15) is 22.8 Å². The summed E-state index contributed by atoms with van der Waals surface area (Å²) < 4.78 is 0. The van der Waals surface area contributed by atoms with Crippen molar-refractivity contribution in [1.82, 2.24) is 0 Å². The number of aryl methyl sites for hydroxylation is 1. The van der Waals surface area contributed by atoms with Crippen LogP contribution in [0.25, 0.3) is 0 Å². The van der Waals surface area contributed by atoms with Crippen molar-refractivity contribution in [3.05, 3.63) is 77.4 Å². The first-order chi connectivity index (χ1) is 11.0. The average molecular weight is 307 g/mol. The molecule has 0 aliphatic rings. The molecule has 0 aliphatic heterocycles. The number of carbonyl (C=O) groups excluding carboxylic acids is 3. The van der Waals surface area contributed by atoms with E-state index in [2.05, 4.69) is 5.32 Å². The third kappa shape index (κ3) is 4.48. The smallest absolute Gasteiger partial charge is 0.259 e. The molecular formula is C19H17NO3. The fourth-order valence-corrected chi connectivity index (χ4v) is 1.98. The van der Waals surface area contributed by atoms with Gasteiger partial charge in [0.05, 0.1) is 5.57 Å². The predicted octanol–water partition coefficient (Wildman–Crippen LogP) is 3.33. The molecule has 0 radical (unpaired) electrons. The third-order valence-corrected chi connectivity index (χ3v) is 3.27. The molecule has 4 heteroatoms. The van der Waals surface area contributed by atoms with Crippen LogP contribution in [-0.2, 0) is 9.59 Å². The van der Waals surface area contributed by atoms with Gasteiger partial charge in [-0.2, -0.15) is 0 Å². The van der Waals surface area contributed by atoms with Crippen LogP contribution in [0.5, 0.6) is 0 Å². The Morgan fingerprint density at radius 1 is 0.913 bits per heavy atom. The molecule has 23 heavy (non-hydrogen) atoms. The van der Waals surface area contributed by atoms with E-state index in [-0.39, 0.29) is 11.4 Å². The molecule has 0 spiro atoms. The zero-order valence-electron chi connectivity index (χ0n) is 13.0. The number of carbonyl (C=O) groups is 3. The molecular weight excluding hydrogens is 290 g/mol. The number of anilines is 1. The minimum Gasteiger partial charge on any atom is -0.322 e. The van der Waals surface area contributed by atoms with Gasteiger partial charge < -0.3 is 5.32 Å². The van der Waals surface area contributed by atoms with Gasteiger partial charge in [0.25, 0.3) is 5.91 Å². The number of para-hydroxylation sites is 1. The number of amides is 1. The lowest BCUT2D eigenvalue weighted by atomic mass is 10.0. The Balaban J connectivity index is 2.23. The van der Waals surface area contributed by atoms with Gasteiger partial charge in [-0.1, -0.05) is 48.0 Å². The van der Waals surface area contributed by atoms with Crippen molar-refractivity contribution in [3.8, 4) is 0 Å². The summed E-state index contributed by atoms with van der Waals surface area (Å²) in [6.07, 6.45) is 1.09. The molecule has 0 unspecified atom stereocenters. The van der Waals surface area contributed by atoms with E-state index >= 15 is 0 Å². The number of rotatable bonds is 5. The highest BCUT2D eigenvalue weighted by Crippen LogP contribution is 2.11. The Kier molecular flexibility index (Phi) is 5.20. The number of hydrogen-bond donors (Lipinski definition) is 1. The topological polar surface area (TPSA) is 63.2 Å². The average Bonchev–Trinajstić information content (AvgIpc) is 2.53. The Hall–Kier alpha value is -3.01. The SMILES string of the molecule is CC(=O)C(=CC(=O)c1ccc(C)cc1)C(=O)Nc1ccccc1. The van der Waals surface area contributed by atoms with Gasteiger partial charge in [-0.3, -0.25) is 14.4 Å². The molecule has 0 saturated carbocycles. The lowest BCUT2D eigenvalue weighted by Crippen LogP contribution is -2.20. The summed E-state index contributed by atoms with van der Waals surface area (Å²) in [5, 5.41) is 2.61. The molecule has 1 N–H and O–H groups in total. The summed E-state index contributed by atoms with van der Waals surface area (Å²) >= 11 is 0. The maximum atomic E-state index is 12.2. The van der Waals surface area contributed by atoms with Crippen molar-refractivity contribution in [2.45, 2.75) is 13.8 Å². The Bertz CT molecular complexity index is 759. The highest BCUT2D eigenvalue weighted by Gasteiger charge is 2.17. The lowest BCUT2D eigenvalue weighted by Gasteiger charge is -2.06. The van der Waals surface area contributed by atoms with Crippen LogP contribution >= 0.6 is 0 Å². The number of allylic oxidation sites excluding steroid dienone is 1. The second-order valence-corrected chi connectivity index (χ2v) is 5.16. The summed E-state index contributed by atoms with van der Waals surface area (Å²) in [5.41, 5.74) is 1.85. The van der Waals surface area contributed by atoms with E-state index in [4.69, 9.17) is 0 Å². The fourth-order valence-electron chi connectivity index (χ4n) is 1.98. The first kappa shape index (κ1) is 16.4. The van der Waals surface area contributed by atoms with E-state index in [0.717, 1.165) is 11.6 Å². The molecule has 4 nitrogen and oxygen atoms in total. The van der Waals surface area contributed by atoms with Gasteiger partial charge in [-0.15, -0.1) is 0 Å². The van der Waals surface area contributed by atoms with E-state index in [1.54, 1.807) is 48.5 Å². The highest BCUT2D eigenvalue weighted by atomic mass is 16.2. The second-order valence-electron chi connectivity index (χ2n) is 5.16. The van der Waals surface area contributed by atoms with Gasteiger partial charge in [0.1, 0.15) is 0 Å². The predicted molar refractivity (Wildman–Crippen MR) is 89.3 cm³/mol. The summed E-state index contributed by atoms with van der Waals surface area (Å²) in [6.45, 7) is 3.18. The van der Waals surface area contributed by atoms with Gasteiger partial charge in [0.2, 0.25) is 0 Å². The van der Waals surface area contributed by atoms with Gasteiger partial charge in [-0.25, -0.2) is 0 Å². The van der Waals surface area contributed by atoms with E-state index in [0.29, 0.717) is 11.3 Å². The molecule has 2 aromatic rings. The molecule has 0 heterocycles. The van der Waals surface area contributed by atoms with Crippen LogP contribution in [0.4, 0.5) is 5.69 Å². The molecule has 0 saturated heterocycles. The summed E-state index contributed by atoms with van der Waals surface area (Å²) in [7, 11) is 0. The van der Waals surface area contributed by atoms with Crippen LogP contribution in [0.3, 0.4) is 0 Å². The standard InChI is InChI=1S/C19H17NO3/c1-13-8-10-15(11-9-13)18(22)12-17(14(2)21)19(23)20-16-6-4-3-5-7-16/h3-12H,1-2H3,(H,20,23). The zero-order valence-corrected chi connectivity index (χ0v) is 13.0. The van der Waals surface area contributed by atoms with Gasteiger partial charge in [0.15, 0.2) is 11.6 Å². The van der Waals surface area contributed by atoms with Crippen LogP contribution in [0, 0.1) is 6.92 Å². The maximum absolute atomic E-state index is 12.2. The summed E-state index contributed by atoms with van der Waals surface area (Å²) in [5.74, 6) is -1.43. The summed E-state index contributed by atoms with van der Waals surface area (Å²) in [4.78, 5) is 36.2. The fraction of sp³-hybridized carbons (Fsp3) is 0.105. The van der Waals surface area contributed by atoms with Crippen LogP contribution in [0.15, 0.2) is 66.2 Å². The molecule has 0 bridgehead atoms. The minimum atomic E-state index is -0.593. The third-order valence-electron chi connectivity index (χ3n) is 3.27. The largest absolute Gasteiger partial charge is 0.322 e. The van der Waals surface area contributed by atoms with E-state index in [9.17, 15) is 14.4 Å². The van der Waals surface area contributed by atoms with E-state index < -0.39 is 11.7 Å². The molecule has 0 atom stereocenters. The molecule has 0 aromatic heterocycles. The Labute approximate surface area is 134 Å². The number of Topliss-reactive ketones (excluding diaryl/α,β-unsaturated/α-hetero) is 1. The zero-order chi connectivity index (χ0) is 16.8. The van der Waals surface area contributed by atoms with Gasteiger partial charge in [-0.05, 0) is 26.0 Å². The van der Waals surface area contributed by atoms with Crippen molar-refractivity contribution in [3.63, 3.8) is 0 Å². The number of nitrogens with one attached hydrogen (secondary N) is 1.